The fourth-order valence-corrected chi connectivity index (χ4v) is 0.368. The third-order valence-corrected chi connectivity index (χ3v) is 0.681. The van der Waals surface area contributed by atoms with Gasteiger partial charge in [-0.25, -0.2) is 9.79 Å². The number of carbonyl (C=O) groups excluding carboxylic acids is 1. The SMILES string of the molecule is COC[C@@H](C)N=C=O. The molecule has 0 aliphatic heterocycles. The van der Waals surface area contributed by atoms with Gasteiger partial charge in [0, 0.05) is 7.11 Å². The van der Waals surface area contributed by atoms with E-state index in [0.717, 1.165) is 0 Å². The summed E-state index contributed by atoms with van der Waals surface area (Å²) in [6.07, 6.45) is 1.45. The minimum atomic E-state index is -0.0579. The highest BCUT2D eigenvalue weighted by Crippen LogP contribution is 1.85. The molecule has 0 rings (SSSR count). The van der Waals surface area contributed by atoms with Gasteiger partial charge in [-0.1, -0.05) is 0 Å². The lowest BCUT2D eigenvalue weighted by molar-refractivity contribution is 0.186. The number of hydrogen-bond acceptors (Lipinski definition) is 3. The summed E-state index contributed by atoms with van der Waals surface area (Å²) in [5, 5.41) is 0. The maximum atomic E-state index is 9.54. The zero-order valence-corrected chi connectivity index (χ0v) is 5.05. The smallest absolute Gasteiger partial charge is 0.235 e. The first-order chi connectivity index (χ1) is 3.81. The van der Waals surface area contributed by atoms with Crippen molar-refractivity contribution in [3.05, 3.63) is 0 Å². The van der Waals surface area contributed by atoms with E-state index in [-0.39, 0.29) is 6.04 Å². The maximum absolute atomic E-state index is 9.54. The van der Waals surface area contributed by atoms with E-state index in [0.29, 0.717) is 6.61 Å². The molecule has 1 atom stereocenters. The molecule has 0 aromatic heterocycles. The van der Waals surface area contributed by atoms with E-state index in [9.17, 15) is 4.79 Å². The minimum absolute atomic E-state index is 0.0579. The molecule has 0 spiro atoms. The van der Waals surface area contributed by atoms with Gasteiger partial charge in [0.2, 0.25) is 6.08 Å². The molecule has 3 heteroatoms. The number of aliphatic imine (C=N–C) groups is 1. The molecule has 46 valence electrons. The van der Waals surface area contributed by atoms with Crippen LogP contribution in [0.15, 0.2) is 4.99 Å². The Morgan fingerprint density at radius 3 is 2.88 bits per heavy atom. The molecule has 0 aromatic rings. The summed E-state index contributed by atoms with van der Waals surface area (Å²) in [7, 11) is 1.57. The topological polar surface area (TPSA) is 38.7 Å². The maximum Gasteiger partial charge on any atom is 0.235 e. The molecule has 0 aromatic carbocycles. The first kappa shape index (κ1) is 7.34. The van der Waals surface area contributed by atoms with Crippen LogP contribution in [0.3, 0.4) is 0 Å². The zero-order valence-electron chi connectivity index (χ0n) is 5.05. The van der Waals surface area contributed by atoms with E-state index in [1.807, 2.05) is 0 Å². The molecule has 0 saturated carbocycles. The van der Waals surface area contributed by atoms with Crippen molar-refractivity contribution in [3.63, 3.8) is 0 Å². The van der Waals surface area contributed by atoms with Gasteiger partial charge < -0.3 is 4.74 Å². The Morgan fingerprint density at radius 2 is 2.50 bits per heavy atom. The number of nitrogens with zero attached hydrogens (tertiary/aromatic N) is 1. The Hall–Kier alpha value is -0.660. The van der Waals surface area contributed by atoms with Crippen molar-refractivity contribution in [3.8, 4) is 0 Å². The van der Waals surface area contributed by atoms with Gasteiger partial charge in [0.1, 0.15) is 0 Å². The van der Waals surface area contributed by atoms with E-state index in [1.54, 1.807) is 14.0 Å². The van der Waals surface area contributed by atoms with Gasteiger partial charge in [0.15, 0.2) is 0 Å². The van der Waals surface area contributed by atoms with Gasteiger partial charge in [-0.3, -0.25) is 0 Å². The van der Waals surface area contributed by atoms with Crippen molar-refractivity contribution in [1.29, 1.82) is 0 Å². The number of hydrogen-bond donors (Lipinski definition) is 0. The van der Waals surface area contributed by atoms with Crippen LogP contribution in [0, 0.1) is 0 Å². The summed E-state index contributed by atoms with van der Waals surface area (Å²) in [4.78, 5) is 12.9. The van der Waals surface area contributed by atoms with Crippen LogP contribution < -0.4 is 0 Å². The van der Waals surface area contributed by atoms with E-state index >= 15 is 0 Å². The molecule has 0 amide bonds. The predicted octanol–water partition coefficient (Wildman–Crippen LogP) is 0.357. The van der Waals surface area contributed by atoms with Crippen molar-refractivity contribution < 1.29 is 9.53 Å². The van der Waals surface area contributed by atoms with E-state index in [2.05, 4.69) is 9.73 Å². The van der Waals surface area contributed by atoms with Crippen molar-refractivity contribution >= 4 is 6.08 Å². The normalized spacial score (nSPS) is 12.2. The van der Waals surface area contributed by atoms with Crippen molar-refractivity contribution in [1.82, 2.24) is 0 Å². The fourth-order valence-electron chi connectivity index (χ4n) is 0.368. The number of methoxy groups -OCH3 is 1. The second-order valence-corrected chi connectivity index (χ2v) is 1.52. The molecule has 0 radical (unpaired) electrons. The lowest BCUT2D eigenvalue weighted by Gasteiger charge is -1.97. The summed E-state index contributed by atoms with van der Waals surface area (Å²) in [5.41, 5.74) is 0. The van der Waals surface area contributed by atoms with E-state index in [1.165, 1.54) is 6.08 Å². The monoisotopic (exact) mass is 115 g/mol. The quantitative estimate of drug-likeness (QED) is 0.393. The van der Waals surface area contributed by atoms with Crippen LogP contribution in [0.1, 0.15) is 6.92 Å². The third-order valence-electron chi connectivity index (χ3n) is 0.681. The molecular formula is C5H9NO2. The largest absolute Gasteiger partial charge is 0.382 e. The molecule has 0 heterocycles. The third kappa shape index (κ3) is 3.53. The molecule has 0 fully saturated rings. The Morgan fingerprint density at radius 1 is 1.88 bits per heavy atom. The van der Waals surface area contributed by atoms with Crippen LogP contribution in [-0.2, 0) is 9.53 Å². The molecule has 0 bridgehead atoms. The van der Waals surface area contributed by atoms with Crippen LogP contribution in [0.4, 0.5) is 0 Å². The Bertz CT molecular complexity index is 96.6. The molecule has 0 aliphatic rings. The summed E-state index contributed by atoms with van der Waals surface area (Å²) in [6.45, 7) is 2.27. The van der Waals surface area contributed by atoms with Crippen LogP contribution in [-0.4, -0.2) is 25.8 Å². The summed E-state index contributed by atoms with van der Waals surface area (Å²) in [6, 6.07) is -0.0579. The lowest BCUT2D eigenvalue weighted by Crippen LogP contribution is -2.05. The van der Waals surface area contributed by atoms with Crippen LogP contribution >= 0.6 is 0 Å². The van der Waals surface area contributed by atoms with Gasteiger partial charge in [-0.15, -0.1) is 0 Å². The second kappa shape index (κ2) is 4.50. The molecule has 0 aliphatic carbocycles. The average Bonchev–Trinajstić information content (AvgIpc) is 1.68. The van der Waals surface area contributed by atoms with Crippen molar-refractivity contribution in [2.24, 2.45) is 4.99 Å². The Labute approximate surface area is 48.4 Å². The van der Waals surface area contributed by atoms with Gasteiger partial charge in [-0.05, 0) is 6.92 Å². The highest BCUT2D eigenvalue weighted by molar-refractivity contribution is 5.33. The fraction of sp³-hybridized carbons (Fsp3) is 0.800. The van der Waals surface area contributed by atoms with Gasteiger partial charge in [0.25, 0.3) is 0 Å². The Kier molecular flexibility index (Phi) is 4.13. The number of isocyanates is 1. The molecule has 0 N–H and O–H groups in total. The zero-order chi connectivity index (χ0) is 6.41. The summed E-state index contributed by atoms with van der Waals surface area (Å²) < 4.78 is 4.68. The first-order valence-electron chi connectivity index (χ1n) is 2.37. The van der Waals surface area contributed by atoms with Crippen molar-refractivity contribution in [2.45, 2.75) is 13.0 Å². The lowest BCUT2D eigenvalue weighted by atomic mass is 10.4. The molecular weight excluding hydrogens is 106 g/mol. The highest BCUT2D eigenvalue weighted by atomic mass is 16.5. The second-order valence-electron chi connectivity index (χ2n) is 1.52. The Balaban J connectivity index is 3.31. The molecule has 8 heavy (non-hydrogen) atoms. The van der Waals surface area contributed by atoms with E-state index < -0.39 is 0 Å². The molecule has 0 unspecified atom stereocenters. The molecule has 0 saturated heterocycles. The highest BCUT2D eigenvalue weighted by Gasteiger charge is 1.93. The minimum Gasteiger partial charge on any atom is -0.382 e. The molecule has 3 nitrogen and oxygen atoms in total. The standard InChI is InChI=1S/C5H9NO2/c1-5(3-8-2)6-4-7/h5H,3H2,1-2H3/t5-/m1/s1. The average molecular weight is 115 g/mol. The van der Waals surface area contributed by atoms with Crippen LogP contribution in [0.25, 0.3) is 0 Å². The van der Waals surface area contributed by atoms with Gasteiger partial charge in [0.05, 0.1) is 12.6 Å². The number of ether oxygens (including phenoxy) is 1. The summed E-state index contributed by atoms with van der Waals surface area (Å²) >= 11 is 0. The van der Waals surface area contributed by atoms with Gasteiger partial charge >= 0.3 is 0 Å². The van der Waals surface area contributed by atoms with E-state index in [4.69, 9.17) is 0 Å². The van der Waals surface area contributed by atoms with Crippen LogP contribution in [0.5, 0.6) is 0 Å². The first-order valence-corrected chi connectivity index (χ1v) is 2.37. The van der Waals surface area contributed by atoms with Crippen molar-refractivity contribution in [2.75, 3.05) is 13.7 Å². The predicted molar refractivity (Wildman–Crippen MR) is 29.5 cm³/mol. The summed E-state index contributed by atoms with van der Waals surface area (Å²) in [5.74, 6) is 0. The number of rotatable bonds is 3. The van der Waals surface area contributed by atoms with Gasteiger partial charge in [-0.2, -0.15) is 0 Å². The van der Waals surface area contributed by atoms with Crippen LogP contribution in [0.2, 0.25) is 0 Å².